The molecule has 2 heterocycles. The van der Waals surface area contributed by atoms with Crippen molar-refractivity contribution < 1.29 is 13.9 Å². The molecule has 2 aromatic carbocycles. The van der Waals surface area contributed by atoms with E-state index >= 15 is 0 Å². The first kappa shape index (κ1) is 19.3. The number of furan rings is 1. The van der Waals surface area contributed by atoms with Crippen LogP contribution in [0.15, 0.2) is 77.4 Å². The van der Waals surface area contributed by atoms with E-state index in [0.29, 0.717) is 25.9 Å². The first-order chi connectivity index (χ1) is 14.3. The lowest BCUT2D eigenvalue weighted by Crippen LogP contribution is -2.33. The van der Waals surface area contributed by atoms with Crippen molar-refractivity contribution in [2.24, 2.45) is 0 Å². The van der Waals surface area contributed by atoms with E-state index in [-0.39, 0.29) is 12.0 Å². The van der Waals surface area contributed by atoms with Gasteiger partial charge in [0.2, 0.25) is 5.91 Å². The second kappa shape index (κ2) is 9.43. The van der Waals surface area contributed by atoms with Crippen LogP contribution in [-0.2, 0) is 17.8 Å². The summed E-state index contributed by atoms with van der Waals surface area (Å²) < 4.78 is 11.6. The Labute approximate surface area is 171 Å². The highest BCUT2D eigenvalue weighted by Crippen LogP contribution is 2.31. The van der Waals surface area contributed by atoms with Gasteiger partial charge in [0, 0.05) is 44.6 Å². The Kier molecular flexibility index (Phi) is 6.27. The number of rotatable bonds is 7. The predicted molar refractivity (Wildman–Crippen MR) is 112 cm³/mol. The molecule has 1 amide bonds. The molecule has 1 unspecified atom stereocenters. The molecule has 1 atom stereocenters. The molecule has 29 heavy (non-hydrogen) atoms. The third-order valence-corrected chi connectivity index (χ3v) is 5.16. The van der Waals surface area contributed by atoms with Crippen LogP contribution in [0.25, 0.3) is 0 Å². The van der Waals surface area contributed by atoms with Crippen LogP contribution in [0.3, 0.4) is 0 Å². The summed E-state index contributed by atoms with van der Waals surface area (Å²) in [6.07, 6.45) is 2.77. The van der Waals surface area contributed by atoms with E-state index in [1.165, 1.54) is 0 Å². The van der Waals surface area contributed by atoms with Crippen molar-refractivity contribution >= 4 is 5.91 Å². The summed E-state index contributed by atoms with van der Waals surface area (Å²) in [6.45, 7) is 2.80. The van der Waals surface area contributed by atoms with Crippen LogP contribution in [0.4, 0.5) is 0 Å². The molecular weight excluding hydrogens is 364 g/mol. The van der Waals surface area contributed by atoms with Gasteiger partial charge >= 0.3 is 0 Å². The van der Waals surface area contributed by atoms with Crippen molar-refractivity contribution in [3.63, 3.8) is 0 Å². The van der Waals surface area contributed by atoms with Crippen LogP contribution in [0.5, 0.6) is 5.75 Å². The fourth-order valence-electron chi connectivity index (χ4n) is 3.62. The Balaban J connectivity index is 1.36. The molecular formula is C24H26N2O3. The number of para-hydroxylation sites is 1. The van der Waals surface area contributed by atoms with E-state index in [4.69, 9.17) is 9.15 Å². The fourth-order valence-corrected chi connectivity index (χ4v) is 3.62. The molecule has 1 aliphatic heterocycles. The summed E-state index contributed by atoms with van der Waals surface area (Å²) >= 11 is 0. The summed E-state index contributed by atoms with van der Waals surface area (Å²) in [5.41, 5.74) is 2.31. The average molecular weight is 390 g/mol. The Morgan fingerprint density at radius 2 is 1.86 bits per heavy atom. The molecule has 150 valence electrons. The van der Waals surface area contributed by atoms with E-state index in [2.05, 4.69) is 28.4 Å². The summed E-state index contributed by atoms with van der Waals surface area (Å²) in [7, 11) is 0. The highest BCUT2D eigenvalue weighted by molar-refractivity contribution is 5.76. The molecule has 4 rings (SSSR count). The SMILES string of the molecule is O=C(CCN1Cc2ccccc2OC(c2ccccc2)C1)NCCc1ccco1. The maximum atomic E-state index is 12.3. The van der Waals surface area contributed by atoms with Gasteiger partial charge in [-0.2, -0.15) is 0 Å². The molecule has 1 N–H and O–H groups in total. The standard InChI is InChI=1S/C24H26N2O3/c27-24(25-14-12-21-10-6-16-28-21)13-15-26-17-20-9-4-5-11-22(20)29-23(18-26)19-7-2-1-3-8-19/h1-11,16,23H,12-15,17-18H2,(H,25,27). The second-order valence-electron chi connectivity index (χ2n) is 7.29. The summed E-state index contributed by atoms with van der Waals surface area (Å²) in [5, 5.41) is 2.98. The minimum Gasteiger partial charge on any atom is -0.484 e. The van der Waals surface area contributed by atoms with Crippen LogP contribution < -0.4 is 10.1 Å². The maximum Gasteiger partial charge on any atom is 0.221 e. The number of carbonyl (C=O) groups is 1. The lowest BCUT2D eigenvalue weighted by Gasteiger charge is -2.24. The van der Waals surface area contributed by atoms with Gasteiger partial charge in [0.25, 0.3) is 0 Å². The average Bonchev–Trinajstić information content (AvgIpc) is 3.19. The molecule has 0 saturated heterocycles. The molecule has 1 aliphatic rings. The number of hydrogen-bond acceptors (Lipinski definition) is 4. The van der Waals surface area contributed by atoms with E-state index in [9.17, 15) is 4.79 Å². The number of nitrogens with zero attached hydrogens (tertiary/aromatic N) is 1. The normalized spacial score (nSPS) is 16.5. The van der Waals surface area contributed by atoms with Crippen LogP contribution in [0.2, 0.25) is 0 Å². The number of hydrogen-bond donors (Lipinski definition) is 1. The summed E-state index contributed by atoms with van der Waals surface area (Å²) in [6, 6.07) is 22.2. The van der Waals surface area contributed by atoms with Gasteiger partial charge < -0.3 is 14.5 Å². The smallest absolute Gasteiger partial charge is 0.221 e. The van der Waals surface area contributed by atoms with Gasteiger partial charge in [-0.25, -0.2) is 0 Å². The molecule has 1 aromatic heterocycles. The number of carbonyl (C=O) groups excluding carboxylic acids is 1. The molecule has 5 nitrogen and oxygen atoms in total. The minimum absolute atomic E-state index is 0.0538. The van der Waals surface area contributed by atoms with Gasteiger partial charge in [0.15, 0.2) is 0 Å². The molecule has 0 fully saturated rings. The van der Waals surface area contributed by atoms with Crippen LogP contribution in [0.1, 0.15) is 29.4 Å². The first-order valence-electron chi connectivity index (χ1n) is 10.1. The Bertz CT molecular complexity index is 909. The zero-order valence-electron chi connectivity index (χ0n) is 16.4. The Morgan fingerprint density at radius 3 is 2.69 bits per heavy atom. The molecule has 3 aromatic rings. The number of fused-ring (bicyclic) bond motifs is 1. The van der Waals surface area contributed by atoms with Gasteiger partial charge in [-0.15, -0.1) is 0 Å². The van der Waals surface area contributed by atoms with Crippen LogP contribution >= 0.6 is 0 Å². The number of nitrogens with one attached hydrogen (secondary N) is 1. The highest BCUT2D eigenvalue weighted by atomic mass is 16.5. The third-order valence-electron chi connectivity index (χ3n) is 5.16. The fraction of sp³-hybridized carbons (Fsp3) is 0.292. The van der Waals surface area contributed by atoms with Crippen molar-refractivity contribution in [2.45, 2.75) is 25.5 Å². The topological polar surface area (TPSA) is 54.7 Å². The number of ether oxygens (including phenoxy) is 1. The predicted octanol–water partition coefficient (Wildman–Crippen LogP) is 3.96. The molecule has 0 spiro atoms. The first-order valence-corrected chi connectivity index (χ1v) is 10.1. The largest absolute Gasteiger partial charge is 0.484 e. The van der Waals surface area contributed by atoms with Gasteiger partial charge in [0.1, 0.15) is 17.6 Å². The maximum absolute atomic E-state index is 12.3. The van der Waals surface area contributed by atoms with Crippen molar-refractivity contribution in [1.29, 1.82) is 0 Å². The quantitative estimate of drug-likeness (QED) is 0.663. The summed E-state index contributed by atoms with van der Waals surface area (Å²) in [4.78, 5) is 14.6. The molecule has 0 aliphatic carbocycles. The van der Waals surface area contributed by atoms with Gasteiger partial charge in [-0.05, 0) is 23.8 Å². The lowest BCUT2D eigenvalue weighted by molar-refractivity contribution is -0.121. The molecule has 0 radical (unpaired) electrons. The van der Waals surface area contributed by atoms with Crippen LogP contribution in [-0.4, -0.2) is 30.4 Å². The zero-order valence-corrected chi connectivity index (χ0v) is 16.4. The lowest BCUT2D eigenvalue weighted by atomic mass is 10.1. The highest BCUT2D eigenvalue weighted by Gasteiger charge is 2.24. The van der Waals surface area contributed by atoms with Crippen molar-refractivity contribution in [3.8, 4) is 5.75 Å². The monoisotopic (exact) mass is 390 g/mol. The van der Waals surface area contributed by atoms with Crippen molar-refractivity contribution in [1.82, 2.24) is 10.2 Å². The Hall–Kier alpha value is -3.05. The van der Waals surface area contributed by atoms with Gasteiger partial charge in [-0.3, -0.25) is 9.69 Å². The minimum atomic E-state index is -0.0538. The number of benzene rings is 2. The van der Waals surface area contributed by atoms with Crippen molar-refractivity contribution in [3.05, 3.63) is 89.9 Å². The van der Waals surface area contributed by atoms with E-state index < -0.39 is 0 Å². The van der Waals surface area contributed by atoms with E-state index in [1.54, 1.807) is 6.26 Å². The van der Waals surface area contributed by atoms with E-state index in [1.807, 2.05) is 48.5 Å². The van der Waals surface area contributed by atoms with Gasteiger partial charge in [-0.1, -0.05) is 48.5 Å². The van der Waals surface area contributed by atoms with Crippen LogP contribution in [0, 0.1) is 0 Å². The number of amides is 1. The second-order valence-corrected chi connectivity index (χ2v) is 7.29. The molecule has 0 saturated carbocycles. The molecule has 0 bridgehead atoms. The summed E-state index contributed by atoms with van der Waals surface area (Å²) in [5.74, 6) is 1.87. The van der Waals surface area contributed by atoms with Gasteiger partial charge in [0.05, 0.1) is 6.26 Å². The Morgan fingerprint density at radius 1 is 1.03 bits per heavy atom. The van der Waals surface area contributed by atoms with Crippen molar-refractivity contribution in [2.75, 3.05) is 19.6 Å². The third kappa shape index (κ3) is 5.27. The van der Waals surface area contributed by atoms with E-state index in [0.717, 1.165) is 35.7 Å². The zero-order chi connectivity index (χ0) is 19.9. The molecule has 5 heteroatoms.